The van der Waals surface area contributed by atoms with E-state index in [2.05, 4.69) is 15.6 Å². The van der Waals surface area contributed by atoms with Crippen molar-refractivity contribution < 1.29 is 14.3 Å². The summed E-state index contributed by atoms with van der Waals surface area (Å²) in [5.74, 6) is 1.20. The molecular formula is C14H23N5O3. The minimum atomic E-state index is -0.106. The Morgan fingerprint density at radius 3 is 2.91 bits per heavy atom. The van der Waals surface area contributed by atoms with Crippen LogP contribution in [0.25, 0.3) is 0 Å². The van der Waals surface area contributed by atoms with E-state index < -0.39 is 0 Å². The van der Waals surface area contributed by atoms with Gasteiger partial charge in [0.05, 0.1) is 25.5 Å². The quantitative estimate of drug-likeness (QED) is 0.896. The lowest BCUT2D eigenvalue weighted by Gasteiger charge is -2.38. The lowest BCUT2D eigenvalue weighted by molar-refractivity contribution is -0.00507. The number of morpholine rings is 1. The molecule has 0 radical (unpaired) electrons. The van der Waals surface area contributed by atoms with Crippen LogP contribution in [-0.4, -0.2) is 64.9 Å². The topological polar surface area (TPSA) is 81.5 Å². The Kier molecular flexibility index (Phi) is 4.89. The Balaban J connectivity index is 1.61. The van der Waals surface area contributed by atoms with Gasteiger partial charge < -0.3 is 14.4 Å². The number of nitrogens with zero attached hydrogens (tertiary/aromatic N) is 4. The second-order valence-electron chi connectivity index (χ2n) is 5.89. The van der Waals surface area contributed by atoms with Gasteiger partial charge in [-0.05, 0) is 25.2 Å². The van der Waals surface area contributed by atoms with E-state index in [1.54, 1.807) is 17.9 Å². The number of nitrogens with one attached hydrogen (secondary N) is 1. The molecule has 1 aromatic rings. The minimum Gasteiger partial charge on any atom is -0.381 e. The van der Waals surface area contributed by atoms with Gasteiger partial charge in [0, 0.05) is 26.8 Å². The summed E-state index contributed by atoms with van der Waals surface area (Å²) in [6.07, 6.45) is 4.65. The van der Waals surface area contributed by atoms with Crippen molar-refractivity contribution in [2.75, 3.05) is 38.3 Å². The summed E-state index contributed by atoms with van der Waals surface area (Å²) in [6.45, 7) is 3.46. The zero-order valence-corrected chi connectivity index (χ0v) is 12.9. The fourth-order valence-corrected chi connectivity index (χ4v) is 3.07. The molecular weight excluding hydrogens is 286 g/mol. The van der Waals surface area contributed by atoms with E-state index in [0.29, 0.717) is 31.5 Å². The van der Waals surface area contributed by atoms with Crippen molar-refractivity contribution in [2.24, 2.45) is 13.0 Å². The van der Waals surface area contributed by atoms with Crippen LogP contribution < -0.4 is 5.32 Å². The summed E-state index contributed by atoms with van der Waals surface area (Å²) in [4.78, 5) is 14.4. The van der Waals surface area contributed by atoms with Crippen LogP contribution in [-0.2, 0) is 16.5 Å². The monoisotopic (exact) mass is 309 g/mol. The van der Waals surface area contributed by atoms with Crippen LogP contribution in [0.2, 0.25) is 0 Å². The first-order valence-electron chi connectivity index (χ1n) is 7.82. The second-order valence-corrected chi connectivity index (χ2v) is 5.89. The van der Waals surface area contributed by atoms with E-state index in [4.69, 9.17) is 9.47 Å². The molecule has 8 heteroatoms. The SMILES string of the molecule is Cn1nncc1NC(=O)N1CCOCC1CC1CCOCC1. The summed E-state index contributed by atoms with van der Waals surface area (Å²) in [7, 11) is 1.75. The molecule has 0 bridgehead atoms. The van der Waals surface area contributed by atoms with Gasteiger partial charge in [0.1, 0.15) is 0 Å². The van der Waals surface area contributed by atoms with Crippen LogP contribution in [0.5, 0.6) is 0 Å². The van der Waals surface area contributed by atoms with Crippen molar-refractivity contribution in [3.05, 3.63) is 6.20 Å². The van der Waals surface area contributed by atoms with E-state index in [0.717, 1.165) is 32.5 Å². The molecule has 8 nitrogen and oxygen atoms in total. The summed E-state index contributed by atoms with van der Waals surface area (Å²) in [5.41, 5.74) is 0. The number of hydrogen-bond acceptors (Lipinski definition) is 5. The number of carbonyl (C=O) groups is 1. The van der Waals surface area contributed by atoms with Gasteiger partial charge in [0.15, 0.2) is 5.82 Å². The molecule has 3 heterocycles. The molecule has 1 aromatic heterocycles. The van der Waals surface area contributed by atoms with Crippen LogP contribution in [0.1, 0.15) is 19.3 Å². The molecule has 1 atom stereocenters. The largest absolute Gasteiger partial charge is 0.381 e. The van der Waals surface area contributed by atoms with E-state index in [1.807, 2.05) is 4.90 Å². The zero-order chi connectivity index (χ0) is 15.4. The Bertz CT molecular complexity index is 500. The molecule has 1 unspecified atom stereocenters. The molecule has 0 aromatic carbocycles. The number of hydrogen-bond donors (Lipinski definition) is 1. The van der Waals surface area contributed by atoms with Crippen LogP contribution in [0.15, 0.2) is 6.20 Å². The predicted molar refractivity (Wildman–Crippen MR) is 79.5 cm³/mol. The molecule has 3 rings (SSSR count). The van der Waals surface area contributed by atoms with Crippen LogP contribution in [0.3, 0.4) is 0 Å². The highest BCUT2D eigenvalue weighted by molar-refractivity contribution is 5.88. The minimum absolute atomic E-state index is 0.106. The highest BCUT2D eigenvalue weighted by atomic mass is 16.5. The third-order valence-corrected chi connectivity index (χ3v) is 4.38. The summed E-state index contributed by atoms with van der Waals surface area (Å²) in [5, 5.41) is 10.5. The van der Waals surface area contributed by atoms with E-state index >= 15 is 0 Å². The molecule has 22 heavy (non-hydrogen) atoms. The van der Waals surface area contributed by atoms with Gasteiger partial charge in [-0.25, -0.2) is 9.48 Å². The second kappa shape index (κ2) is 7.06. The van der Waals surface area contributed by atoms with Gasteiger partial charge >= 0.3 is 6.03 Å². The highest BCUT2D eigenvalue weighted by Gasteiger charge is 2.30. The Morgan fingerprint density at radius 1 is 1.36 bits per heavy atom. The number of rotatable bonds is 3. The number of urea groups is 1. The first-order chi connectivity index (χ1) is 10.7. The average Bonchev–Trinajstić information content (AvgIpc) is 2.94. The number of carbonyl (C=O) groups excluding carboxylic acids is 1. The zero-order valence-electron chi connectivity index (χ0n) is 12.9. The number of ether oxygens (including phenoxy) is 2. The van der Waals surface area contributed by atoms with Crippen LogP contribution >= 0.6 is 0 Å². The molecule has 1 N–H and O–H groups in total. The Hall–Kier alpha value is -1.67. The Morgan fingerprint density at radius 2 is 2.18 bits per heavy atom. The summed E-state index contributed by atoms with van der Waals surface area (Å²) < 4.78 is 12.5. The molecule has 2 aliphatic heterocycles. The normalized spacial score (nSPS) is 23.5. The van der Waals surface area contributed by atoms with E-state index in [-0.39, 0.29) is 12.1 Å². The Labute approximate surface area is 129 Å². The molecule has 2 fully saturated rings. The summed E-state index contributed by atoms with van der Waals surface area (Å²) >= 11 is 0. The van der Waals surface area contributed by atoms with Gasteiger partial charge in [-0.3, -0.25) is 5.32 Å². The first-order valence-corrected chi connectivity index (χ1v) is 7.82. The predicted octanol–water partition coefficient (Wildman–Crippen LogP) is 0.864. The van der Waals surface area contributed by atoms with Gasteiger partial charge in [-0.1, -0.05) is 5.21 Å². The molecule has 0 aliphatic carbocycles. The van der Waals surface area contributed by atoms with Gasteiger partial charge in [0.2, 0.25) is 0 Å². The molecule has 2 amide bonds. The smallest absolute Gasteiger partial charge is 0.323 e. The van der Waals surface area contributed by atoms with Gasteiger partial charge in [-0.15, -0.1) is 5.10 Å². The van der Waals surface area contributed by atoms with Crippen molar-refractivity contribution in [1.82, 2.24) is 19.9 Å². The van der Waals surface area contributed by atoms with E-state index in [9.17, 15) is 4.79 Å². The molecule has 2 aliphatic rings. The van der Waals surface area contributed by atoms with E-state index in [1.165, 1.54) is 0 Å². The molecule has 0 saturated carbocycles. The molecule has 122 valence electrons. The lowest BCUT2D eigenvalue weighted by Crippen LogP contribution is -2.51. The number of aromatic nitrogens is 3. The van der Waals surface area contributed by atoms with Crippen molar-refractivity contribution in [3.8, 4) is 0 Å². The fourth-order valence-electron chi connectivity index (χ4n) is 3.07. The maximum atomic E-state index is 12.5. The van der Waals surface area contributed by atoms with Gasteiger partial charge in [-0.2, -0.15) is 0 Å². The number of aryl methyl sites for hydroxylation is 1. The van der Waals surface area contributed by atoms with Crippen molar-refractivity contribution >= 4 is 11.8 Å². The lowest BCUT2D eigenvalue weighted by atomic mass is 9.92. The third-order valence-electron chi connectivity index (χ3n) is 4.38. The van der Waals surface area contributed by atoms with Crippen LogP contribution in [0, 0.1) is 5.92 Å². The van der Waals surface area contributed by atoms with Crippen molar-refractivity contribution in [1.29, 1.82) is 0 Å². The first kappa shape index (κ1) is 15.2. The summed E-state index contributed by atoms with van der Waals surface area (Å²) in [6, 6.07) is 0.0174. The molecule has 0 spiro atoms. The number of anilines is 1. The van der Waals surface area contributed by atoms with Crippen molar-refractivity contribution in [3.63, 3.8) is 0 Å². The third kappa shape index (κ3) is 3.56. The van der Waals surface area contributed by atoms with Crippen LogP contribution in [0.4, 0.5) is 10.6 Å². The number of amides is 2. The average molecular weight is 309 g/mol. The molecule has 2 saturated heterocycles. The van der Waals surface area contributed by atoms with Gasteiger partial charge in [0.25, 0.3) is 0 Å². The van der Waals surface area contributed by atoms with Crippen molar-refractivity contribution in [2.45, 2.75) is 25.3 Å². The fraction of sp³-hybridized carbons (Fsp3) is 0.786. The highest BCUT2D eigenvalue weighted by Crippen LogP contribution is 2.24. The maximum absolute atomic E-state index is 12.5. The maximum Gasteiger partial charge on any atom is 0.323 e. The standard InChI is InChI=1S/C14H23N5O3/c1-18-13(9-15-17-18)16-14(20)19-4-7-22-10-12(19)8-11-2-5-21-6-3-11/h9,11-12H,2-8,10H2,1H3,(H,16,20).